The molecule has 5 nitrogen and oxygen atoms in total. The quantitative estimate of drug-likeness (QED) is 0.413. The predicted molar refractivity (Wildman–Crippen MR) is 130 cm³/mol. The van der Waals surface area contributed by atoms with Crippen LogP contribution in [0.3, 0.4) is 0 Å². The number of benzene rings is 1. The van der Waals surface area contributed by atoms with Gasteiger partial charge in [-0.15, -0.1) is 22.7 Å². The van der Waals surface area contributed by atoms with E-state index in [1.807, 2.05) is 23.0 Å². The van der Waals surface area contributed by atoms with Gasteiger partial charge in [-0.05, 0) is 62.7 Å². The number of thiazole rings is 1. The first-order chi connectivity index (χ1) is 15.3. The van der Waals surface area contributed by atoms with E-state index in [1.54, 1.807) is 11.3 Å². The van der Waals surface area contributed by atoms with Crippen LogP contribution in [0.4, 0.5) is 11.4 Å². The third kappa shape index (κ3) is 3.26. The number of thiophene rings is 1. The van der Waals surface area contributed by atoms with Crippen LogP contribution in [-0.2, 0) is 4.74 Å². The third-order valence-electron chi connectivity index (χ3n) is 7.11. The average Bonchev–Trinajstić information content (AvgIpc) is 3.51. The Hall–Kier alpha value is -2.06. The Morgan fingerprint density at radius 3 is 2.97 bits per heavy atom. The number of pyridine rings is 1. The molecule has 31 heavy (non-hydrogen) atoms. The molecule has 2 aliphatic heterocycles. The van der Waals surface area contributed by atoms with Crippen molar-refractivity contribution in [1.29, 1.82) is 0 Å². The molecule has 1 N–H and O–H groups in total. The molecule has 1 spiro atoms. The lowest BCUT2D eigenvalue weighted by Gasteiger charge is -2.44. The van der Waals surface area contributed by atoms with E-state index < -0.39 is 0 Å². The van der Waals surface area contributed by atoms with Crippen LogP contribution in [0.15, 0.2) is 42.0 Å². The molecular weight excluding hydrogens is 424 g/mol. The number of nitrogens with one attached hydrogen (secondary N) is 1. The second kappa shape index (κ2) is 7.81. The maximum Gasteiger partial charge on any atom is 0.125 e. The van der Waals surface area contributed by atoms with Crippen LogP contribution in [0, 0.1) is 0 Å². The van der Waals surface area contributed by atoms with Crippen LogP contribution in [0.1, 0.15) is 37.0 Å². The summed E-state index contributed by atoms with van der Waals surface area (Å²) in [7, 11) is 0. The van der Waals surface area contributed by atoms with Crippen molar-refractivity contribution in [1.82, 2.24) is 14.9 Å². The molecule has 160 valence electrons. The van der Waals surface area contributed by atoms with Crippen molar-refractivity contribution in [3.8, 4) is 0 Å². The van der Waals surface area contributed by atoms with Crippen LogP contribution in [0.5, 0.6) is 0 Å². The molecule has 3 aromatic heterocycles. The summed E-state index contributed by atoms with van der Waals surface area (Å²) in [6.07, 6.45) is 5.41. The Labute approximate surface area is 190 Å². The summed E-state index contributed by atoms with van der Waals surface area (Å²) in [5, 5.41) is 4.85. The zero-order chi connectivity index (χ0) is 20.8. The summed E-state index contributed by atoms with van der Waals surface area (Å²) in [4.78, 5) is 14.5. The van der Waals surface area contributed by atoms with Crippen molar-refractivity contribution >= 4 is 54.5 Å². The lowest BCUT2D eigenvalue weighted by atomic mass is 9.77. The maximum absolute atomic E-state index is 5.75. The van der Waals surface area contributed by atoms with E-state index >= 15 is 0 Å². The molecule has 0 unspecified atom stereocenters. The highest BCUT2D eigenvalue weighted by molar-refractivity contribution is 7.18. The van der Waals surface area contributed by atoms with E-state index in [-0.39, 0.29) is 5.54 Å². The summed E-state index contributed by atoms with van der Waals surface area (Å²) in [6, 6.07) is 10.9. The van der Waals surface area contributed by atoms with Crippen molar-refractivity contribution in [2.24, 2.45) is 0 Å². The van der Waals surface area contributed by atoms with E-state index in [0.29, 0.717) is 5.92 Å². The van der Waals surface area contributed by atoms with E-state index in [1.165, 1.54) is 27.9 Å². The molecule has 0 aliphatic carbocycles. The Morgan fingerprint density at radius 1 is 1.19 bits per heavy atom. The number of ether oxygens (including phenoxy) is 1. The first-order valence-electron chi connectivity index (χ1n) is 11.1. The van der Waals surface area contributed by atoms with Gasteiger partial charge in [-0.3, -0.25) is 4.90 Å². The highest BCUT2D eigenvalue weighted by Crippen LogP contribution is 2.50. The number of aromatic nitrogens is 2. The molecule has 6 rings (SSSR count). The summed E-state index contributed by atoms with van der Waals surface area (Å²) in [5.41, 5.74) is 5.37. The molecule has 1 aromatic carbocycles. The number of hydrogen-bond acceptors (Lipinski definition) is 7. The highest BCUT2D eigenvalue weighted by Gasteiger charge is 2.49. The van der Waals surface area contributed by atoms with Gasteiger partial charge in [0, 0.05) is 46.8 Å². The van der Waals surface area contributed by atoms with Crippen LogP contribution >= 0.6 is 22.7 Å². The molecule has 0 saturated carbocycles. The molecule has 5 heterocycles. The van der Waals surface area contributed by atoms with Gasteiger partial charge in [-0.2, -0.15) is 0 Å². The number of likely N-dealkylation sites (N-methyl/N-ethyl adjacent to an activating group) is 1. The molecule has 4 aromatic rings. The Morgan fingerprint density at radius 2 is 2.10 bits per heavy atom. The zero-order valence-corrected chi connectivity index (χ0v) is 19.3. The van der Waals surface area contributed by atoms with E-state index in [2.05, 4.69) is 52.5 Å². The van der Waals surface area contributed by atoms with Crippen molar-refractivity contribution in [2.45, 2.75) is 37.6 Å². The molecule has 0 radical (unpaired) electrons. The number of rotatable bonds is 4. The first-order valence-corrected chi connectivity index (χ1v) is 12.8. The second-order valence-corrected chi connectivity index (χ2v) is 10.5. The maximum atomic E-state index is 5.75. The van der Waals surface area contributed by atoms with E-state index in [0.717, 1.165) is 54.3 Å². The summed E-state index contributed by atoms with van der Waals surface area (Å²) in [5.74, 6) is 0.565. The van der Waals surface area contributed by atoms with Crippen LogP contribution in [-0.4, -0.2) is 46.7 Å². The molecule has 2 saturated heterocycles. The highest BCUT2D eigenvalue weighted by atomic mass is 32.1. The fourth-order valence-electron chi connectivity index (χ4n) is 5.60. The molecule has 7 heteroatoms. The van der Waals surface area contributed by atoms with Gasteiger partial charge in [-0.25, -0.2) is 9.97 Å². The number of nitrogens with zero attached hydrogens (tertiary/aromatic N) is 3. The van der Waals surface area contributed by atoms with E-state index in [4.69, 9.17) is 9.72 Å². The summed E-state index contributed by atoms with van der Waals surface area (Å²) < 4.78 is 6.97. The minimum atomic E-state index is 0.247. The normalized spacial score (nSPS) is 21.4. The summed E-state index contributed by atoms with van der Waals surface area (Å²) >= 11 is 3.55. The Kier molecular flexibility index (Phi) is 4.94. The van der Waals surface area contributed by atoms with Gasteiger partial charge in [0.05, 0.1) is 21.4 Å². The number of fused-ring (bicyclic) bond motifs is 2. The smallest absolute Gasteiger partial charge is 0.125 e. The fourth-order valence-corrected chi connectivity index (χ4v) is 7.53. The standard InChI is InChI=1S/C24H26N4OS2/c1-2-28-10-6-18(24(28)7-11-29-12-8-24)22-14-17-19(5-9-25-23(17)31-22)27-16-3-4-21-20(13-16)26-15-30-21/h3-5,9,13-15,18H,2,6-8,10-12H2,1H3,(H,25,27)/t18-/m1/s1. The minimum Gasteiger partial charge on any atom is -0.381 e. The van der Waals surface area contributed by atoms with Crippen molar-refractivity contribution in [3.63, 3.8) is 0 Å². The Balaban J connectivity index is 1.37. The number of hydrogen-bond donors (Lipinski definition) is 1. The van der Waals surface area contributed by atoms with Gasteiger partial charge < -0.3 is 10.1 Å². The molecule has 1 atom stereocenters. The number of likely N-dealkylation sites (tertiary alicyclic amines) is 1. The topological polar surface area (TPSA) is 50.3 Å². The van der Waals surface area contributed by atoms with Gasteiger partial charge in [-0.1, -0.05) is 6.92 Å². The minimum absolute atomic E-state index is 0.247. The van der Waals surface area contributed by atoms with Crippen molar-refractivity contribution in [2.75, 3.05) is 31.6 Å². The zero-order valence-electron chi connectivity index (χ0n) is 17.6. The largest absolute Gasteiger partial charge is 0.381 e. The van der Waals surface area contributed by atoms with Crippen LogP contribution in [0.25, 0.3) is 20.4 Å². The molecule has 0 amide bonds. The van der Waals surface area contributed by atoms with Gasteiger partial charge in [0.2, 0.25) is 0 Å². The van der Waals surface area contributed by atoms with Gasteiger partial charge >= 0.3 is 0 Å². The van der Waals surface area contributed by atoms with Crippen LogP contribution < -0.4 is 5.32 Å². The third-order valence-corrected chi connectivity index (χ3v) is 9.08. The fraction of sp³-hybridized carbons (Fsp3) is 0.417. The molecule has 2 aliphatic rings. The lowest BCUT2D eigenvalue weighted by molar-refractivity contribution is -0.0132. The van der Waals surface area contributed by atoms with Crippen molar-refractivity contribution in [3.05, 3.63) is 46.9 Å². The lowest BCUT2D eigenvalue weighted by Crippen LogP contribution is -2.50. The summed E-state index contributed by atoms with van der Waals surface area (Å²) in [6.45, 7) is 6.35. The predicted octanol–water partition coefficient (Wildman–Crippen LogP) is 6.01. The first kappa shape index (κ1) is 19.6. The average molecular weight is 451 g/mol. The molecular formula is C24H26N4OS2. The van der Waals surface area contributed by atoms with Gasteiger partial charge in [0.15, 0.2) is 0 Å². The van der Waals surface area contributed by atoms with Crippen molar-refractivity contribution < 1.29 is 4.74 Å². The second-order valence-electron chi connectivity index (χ2n) is 8.52. The number of anilines is 2. The monoisotopic (exact) mass is 450 g/mol. The van der Waals surface area contributed by atoms with E-state index in [9.17, 15) is 0 Å². The van der Waals surface area contributed by atoms with Gasteiger partial charge in [0.1, 0.15) is 4.83 Å². The molecule has 0 bridgehead atoms. The van der Waals surface area contributed by atoms with Crippen LogP contribution in [0.2, 0.25) is 0 Å². The Bertz CT molecular complexity index is 1230. The SMILES string of the molecule is CCN1CC[C@H](c2cc3c(Nc4ccc5scnc5c4)ccnc3s2)C12CCOCC2. The molecule has 2 fully saturated rings. The van der Waals surface area contributed by atoms with Gasteiger partial charge in [0.25, 0.3) is 0 Å².